The van der Waals surface area contributed by atoms with Crippen LogP contribution in [0.3, 0.4) is 0 Å². The van der Waals surface area contributed by atoms with Crippen molar-refractivity contribution >= 4 is 5.91 Å². The number of hydrogen-bond donors (Lipinski definition) is 1. The van der Waals surface area contributed by atoms with Gasteiger partial charge in [-0.2, -0.15) is 0 Å². The first-order valence-corrected chi connectivity index (χ1v) is 5.65. The third-order valence-corrected chi connectivity index (χ3v) is 3.40. The van der Waals surface area contributed by atoms with E-state index in [4.69, 9.17) is 5.73 Å². The Hall–Kier alpha value is -0.570. The highest BCUT2D eigenvalue weighted by Crippen LogP contribution is 2.31. The summed E-state index contributed by atoms with van der Waals surface area (Å²) in [6, 6.07) is 0.313. The van der Waals surface area contributed by atoms with Gasteiger partial charge < -0.3 is 10.6 Å². The summed E-state index contributed by atoms with van der Waals surface area (Å²) in [5.41, 5.74) is 5.50. The van der Waals surface area contributed by atoms with Crippen LogP contribution < -0.4 is 5.73 Å². The molecule has 1 unspecified atom stereocenters. The molecule has 1 amide bonds. The minimum atomic E-state index is -0.528. The molecular formula is C11H22N2O. The van der Waals surface area contributed by atoms with Crippen molar-refractivity contribution in [2.24, 2.45) is 5.73 Å². The van der Waals surface area contributed by atoms with E-state index in [-0.39, 0.29) is 5.91 Å². The number of nitrogens with two attached hydrogens (primary N) is 1. The zero-order chi connectivity index (χ0) is 10.8. The molecule has 14 heavy (non-hydrogen) atoms. The molecule has 0 aromatic carbocycles. The number of nitrogens with zero attached hydrogens (tertiary/aromatic N) is 1. The Morgan fingerprint density at radius 2 is 2.07 bits per heavy atom. The van der Waals surface area contributed by atoms with Crippen molar-refractivity contribution < 1.29 is 4.79 Å². The molecule has 0 bridgehead atoms. The number of likely N-dealkylation sites (N-methyl/N-ethyl adjacent to an activating group) is 1. The van der Waals surface area contributed by atoms with E-state index in [1.165, 1.54) is 0 Å². The van der Waals surface area contributed by atoms with Gasteiger partial charge in [0.25, 0.3) is 0 Å². The molecule has 0 saturated heterocycles. The molecule has 0 heterocycles. The topological polar surface area (TPSA) is 46.3 Å². The smallest absolute Gasteiger partial charge is 0.242 e. The molecule has 1 aliphatic rings. The Kier molecular flexibility index (Phi) is 3.53. The second-order valence-corrected chi connectivity index (χ2v) is 4.36. The monoisotopic (exact) mass is 198 g/mol. The standard InChI is InChI=1S/C11H22N2O/c1-4-9(3)13(5-2)10(14)11(12)7-6-8-11/h9H,4-8,12H2,1-3H3. The first-order chi connectivity index (χ1) is 6.55. The molecule has 1 aliphatic carbocycles. The van der Waals surface area contributed by atoms with Gasteiger partial charge in [0.2, 0.25) is 5.91 Å². The fourth-order valence-corrected chi connectivity index (χ4v) is 1.93. The van der Waals surface area contributed by atoms with E-state index >= 15 is 0 Å². The molecule has 3 heteroatoms. The van der Waals surface area contributed by atoms with Crippen LogP contribution in [0.15, 0.2) is 0 Å². The van der Waals surface area contributed by atoms with Gasteiger partial charge in [0.15, 0.2) is 0 Å². The maximum atomic E-state index is 12.1. The van der Waals surface area contributed by atoms with Crippen LogP contribution in [0.25, 0.3) is 0 Å². The average molecular weight is 198 g/mol. The maximum Gasteiger partial charge on any atom is 0.242 e. The summed E-state index contributed by atoms with van der Waals surface area (Å²) >= 11 is 0. The van der Waals surface area contributed by atoms with Crippen molar-refractivity contribution in [3.63, 3.8) is 0 Å². The van der Waals surface area contributed by atoms with Gasteiger partial charge in [0.1, 0.15) is 0 Å². The Bertz CT molecular complexity index is 211. The number of amides is 1. The number of carbonyl (C=O) groups is 1. The molecule has 0 radical (unpaired) electrons. The lowest BCUT2D eigenvalue weighted by Crippen LogP contribution is -2.61. The predicted molar refractivity (Wildman–Crippen MR) is 57.9 cm³/mol. The van der Waals surface area contributed by atoms with Crippen LogP contribution in [-0.2, 0) is 4.79 Å². The lowest BCUT2D eigenvalue weighted by atomic mass is 9.76. The third kappa shape index (κ3) is 1.92. The quantitative estimate of drug-likeness (QED) is 0.744. The van der Waals surface area contributed by atoms with E-state index in [1.54, 1.807) is 0 Å². The molecular weight excluding hydrogens is 176 g/mol. The van der Waals surface area contributed by atoms with Gasteiger partial charge >= 0.3 is 0 Å². The molecule has 1 fully saturated rings. The van der Waals surface area contributed by atoms with Crippen LogP contribution in [0.4, 0.5) is 0 Å². The summed E-state index contributed by atoms with van der Waals surface area (Å²) in [5, 5.41) is 0. The minimum absolute atomic E-state index is 0.153. The SMILES string of the molecule is CCC(C)N(CC)C(=O)C1(N)CCC1. The van der Waals surface area contributed by atoms with Gasteiger partial charge in [0.05, 0.1) is 5.54 Å². The molecule has 1 rings (SSSR count). The molecule has 82 valence electrons. The summed E-state index contributed by atoms with van der Waals surface area (Å²) in [5.74, 6) is 0.153. The summed E-state index contributed by atoms with van der Waals surface area (Å²) in [6.45, 7) is 6.98. The van der Waals surface area contributed by atoms with Crippen LogP contribution in [0.2, 0.25) is 0 Å². The van der Waals surface area contributed by atoms with E-state index in [0.717, 1.165) is 32.2 Å². The van der Waals surface area contributed by atoms with Crippen molar-refractivity contribution in [2.75, 3.05) is 6.54 Å². The van der Waals surface area contributed by atoms with Gasteiger partial charge in [0, 0.05) is 12.6 Å². The van der Waals surface area contributed by atoms with Crippen molar-refractivity contribution in [1.29, 1.82) is 0 Å². The van der Waals surface area contributed by atoms with Crippen molar-refractivity contribution in [2.45, 2.75) is 58.0 Å². The van der Waals surface area contributed by atoms with Gasteiger partial charge in [-0.05, 0) is 39.5 Å². The Morgan fingerprint density at radius 1 is 1.50 bits per heavy atom. The molecule has 0 aromatic heterocycles. The maximum absolute atomic E-state index is 12.1. The van der Waals surface area contributed by atoms with E-state index in [9.17, 15) is 4.79 Å². The van der Waals surface area contributed by atoms with Crippen LogP contribution in [0.5, 0.6) is 0 Å². The molecule has 0 aliphatic heterocycles. The first-order valence-electron chi connectivity index (χ1n) is 5.65. The third-order valence-electron chi connectivity index (χ3n) is 3.40. The van der Waals surface area contributed by atoms with Gasteiger partial charge in [-0.3, -0.25) is 4.79 Å². The van der Waals surface area contributed by atoms with Crippen LogP contribution in [0.1, 0.15) is 46.5 Å². The fourth-order valence-electron chi connectivity index (χ4n) is 1.93. The minimum Gasteiger partial charge on any atom is -0.339 e. The van der Waals surface area contributed by atoms with Gasteiger partial charge in [-0.25, -0.2) is 0 Å². The highest BCUT2D eigenvalue weighted by atomic mass is 16.2. The van der Waals surface area contributed by atoms with E-state index in [1.807, 2.05) is 11.8 Å². The normalized spacial score (nSPS) is 21.1. The number of hydrogen-bond acceptors (Lipinski definition) is 2. The van der Waals surface area contributed by atoms with E-state index < -0.39 is 5.54 Å². The zero-order valence-corrected chi connectivity index (χ0v) is 9.55. The summed E-state index contributed by atoms with van der Waals surface area (Å²) in [6.07, 6.45) is 3.81. The summed E-state index contributed by atoms with van der Waals surface area (Å²) in [4.78, 5) is 14.0. The van der Waals surface area contributed by atoms with Crippen molar-refractivity contribution in [1.82, 2.24) is 4.90 Å². The lowest BCUT2D eigenvalue weighted by Gasteiger charge is -2.42. The summed E-state index contributed by atoms with van der Waals surface area (Å²) < 4.78 is 0. The van der Waals surface area contributed by atoms with E-state index in [0.29, 0.717) is 6.04 Å². The van der Waals surface area contributed by atoms with Gasteiger partial charge in [-0.15, -0.1) is 0 Å². The Labute approximate surface area is 86.6 Å². The molecule has 1 atom stereocenters. The average Bonchev–Trinajstić information content (AvgIpc) is 2.14. The Morgan fingerprint density at radius 3 is 2.36 bits per heavy atom. The molecule has 3 nitrogen and oxygen atoms in total. The highest BCUT2D eigenvalue weighted by Gasteiger charge is 2.43. The van der Waals surface area contributed by atoms with Crippen LogP contribution in [-0.4, -0.2) is 28.9 Å². The van der Waals surface area contributed by atoms with Gasteiger partial charge in [-0.1, -0.05) is 6.92 Å². The summed E-state index contributed by atoms with van der Waals surface area (Å²) in [7, 11) is 0. The fraction of sp³-hybridized carbons (Fsp3) is 0.909. The number of rotatable bonds is 4. The van der Waals surface area contributed by atoms with Crippen LogP contribution >= 0.6 is 0 Å². The Balaban J connectivity index is 2.64. The first kappa shape index (κ1) is 11.5. The van der Waals surface area contributed by atoms with E-state index in [2.05, 4.69) is 13.8 Å². The highest BCUT2D eigenvalue weighted by molar-refractivity contribution is 5.87. The van der Waals surface area contributed by atoms with Crippen LogP contribution in [0, 0.1) is 0 Å². The molecule has 1 saturated carbocycles. The van der Waals surface area contributed by atoms with Crippen molar-refractivity contribution in [3.05, 3.63) is 0 Å². The molecule has 0 aromatic rings. The lowest BCUT2D eigenvalue weighted by molar-refractivity contribution is -0.142. The predicted octanol–water partition coefficient (Wildman–Crippen LogP) is 1.51. The zero-order valence-electron chi connectivity index (χ0n) is 9.55. The number of carbonyl (C=O) groups excluding carboxylic acids is 1. The second kappa shape index (κ2) is 4.30. The molecule has 0 spiro atoms. The van der Waals surface area contributed by atoms with Crippen molar-refractivity contribution in [3.8, 4) is 0 Å². The largest absolute Gasteiger partial charge is 0.339 e. The second-order valence-electron chi connectivity index (χ2n) is 4.36. The molecule has 2 N–H and O–H groups in total.